The summed E-state index contributed by atoms with van der Waals surface area (Å²) in [5.41, 5.74) is 0.662. The van der Waals surface area contributed by atoms with Crippen LogP contribution < -0.4 is 0 Å². The predicted molar refractivity (Wildman–Crippen MR) is 96.1 cm³/mol. The van der Waals surface area contributed by atoms with Crippen molar-refractivity contribution in [3.05, 3.63) is 33.4 Å². The molecule has 1 amide bonds. The normalized spacial score (nSPS) is 18.2. The van der Waals surface area contributed by atoms with E-state index in [1.54, 1.807) is 11.9 Å². The second kappa shape index (κ2) is 8.24. The summed E-state index contributed by atoms with van der Waals surface area (Å²) in [5, 5.41) is 10.2. The van der Waals surface area contributed by atoms with E-state index in [1.165, 1.54) is 0 Å². The molecule has 1 aliphatic rings. The minimum atomic E-state index is -0.513. The molecule has 1 aromatic rings. The summed E-state index contributed by atoms with van der Waals surface area (Å²) < 4.78 is 1.10. The van der Waals surface area contributed by atoms with Gasteiger partial charge < -0.3 is 14.9 Å². The number of hydrogen-bond acceptors (Lipinski definition) is 4. The van der Waals surface area contributed by atoms with E-state index < -0.39 is 6.10 Å². The Morgan fingerprint density at radius 1 is 1.27 bits per heavy atom. The van der Waals surface area contributed by atoms with Crippen LogP contribution in [0.2, 0.25) is 0 Å². The SMILES string of the molecule is CN1CCN(CC(O)CN(C)C(=O)c2ccc(I)cc2)CC1. The Hall–Kier alpha value is -0.700. The van der Waals surface area contributed by atoms with E-state index in [-0.39, 0.29) is 5.91 Å². The van der Waals surface area contributed by atoms with Crippen molar-refractivity contribution >= 4 is 28.5 Å². The van der Waals surface area contributed by atoms with Crippen LogP contribution in [0.4, 0.5) is 0 Å². The zero-order chi connectivity index (χ0) is 16.1. The number of aliphatic hydroxyl groups excluding tert-OH is 1. The molecule has 1 aromatic carbocycles. The van der Waals surface area contributed by atoms with Crippen LogP contribution in [0.3, 0.4) is 0 Å². The van der Waals surface area contributed by atoms with E-state index >= 15 is 0 Å². The standard InChI is InChI=1S/C16H24IN3O2/c1-18-7-9-20(10-8-18)12-15(21)11-19(2)16(22)13-3-5-14(17)6-4-13/h3-6,15,21H,7-12H2,1-2H3. The van der Waals surface area contributed by atoms with Crippen molar-refractivity contribution in [3.63, 3.8) is 0 Å². The van der Waals surface area contributed by atoms with Crippen molar-refractivity contribution in [1.82, 2.24) is 14.7 Å². The first-order chi connectivity index (χ1) is 10.5. The number of aliphatic hydroxyl groups is 1. The van der Waals surface area contributed by atoms with E-state index in [2.05, 4.69) is 39.4 Å². The van der Waals surface area contributed by atoms with Gasteiger partial charge in [0.2, 0.25) is 0 Å². The van der Waals surface area contributed by atoms with Gasteiger partial charge in [0.25, 0.3) is 5.91 Å². The van der Waals surface area contributed by atoms with Crippen LogP contribution in [0.15, 0.2) is 24.3 Å². The summed E-state index contributed by atoms with van der Waals surface area (Å²) >= 11 is 2.22. The lowest BCUT2D eigenvalue weighted by Gasteiger charge is -2.34. The molecule has 1 heterocycles. The van der Waals surface area contributed by atoms with E-state index in [0.29, 0.717) is 18.7 Å². The van der Waals surface area contributed by atoms with Gasteiger partial charge in [0.1, 0.15) is 0 Å². The van der Waals surface area contributed by atoms with Crippen LogP contribution in [0.1, 0.15) is 10.4 Å². The zero-order valence-corrected chi connectivity index (χ0v) is 15.4. The minimum Gasteiger partial charge on any atom is -0.390 e. The summed E-state index contributed by atoms with van der Waals surface area (Å²) in [6.07, 6.45) is -0.513. The number of benzene rings is 1. The van der Waals surface area contributed by atoms with Gasteiger partial charge in [0.05, 0.1) is 6.10 Å². The largest absolute Gasteiger partial charge is 0.390 e. The molecule has 0 radical (unpaired) electrons. The average Bonchev–Trinajstić information content (AvgIpc) is 2.49. The molecule has 0 aliphatic carbocycles. The smallest absolute Gasteiger partial charge is 0.253 e. The average molecular weight is 417 g/mol. The maximum Gasteiger partial charge on any atom is 0.253 e. The first-order valence-electron chi connectivity index (χ1n) is 7.55. The summed E-state index contributed by atoms with van der Waals surface area (Å²) in [4.78, 5) is 18.5. The molecule has 5 nitrogen and oxygen atoms in total. The molecule has 1 atom stereocenters. The van der Waals surface area contributed by atoms with Crippen LogP contribution in [0.25, 0.3) is 0 Å². The highest BCUT2D eigenvalue weighted by Gasteiger charge is 2.20. The Morgan fingerprint density at radius 2 is 1.86 bits per heavy atom. The second-order valence-corrected chi connectivity index (χ2v) is 7.20. The van der Waals surface area contributed by atoms with Gasteiger partial charge in [-0.3, -0.25) is 9.69 Å². The molecular formula is C16H24IN3O2. The van der Waals surface area contributed by atoms with Crippen molar-refractivity contribution in [2.75, 3.05) is 53.4 Å². The van der Waals surface area contributed by atoms with Gasteiger partial charge in [-0.2, -0.15) is 0 Å². The Balaban J connectivity index is 1.81. The van der Waals surface area contributed by atoms with E-state index in [0.717, 1.165) is 29.7 Å². The van der Waals surface area contributed by atoms with E-state index in [9.17, 15) is 9.90 Å². The van der Waals surface area contributed by atoms with Crippen molar-refractivity contribution in [2.45, 2.75) is 6.10 Å². The number of halogens is 1. The van der Waals surface area contributed by atoms with Crippen LogP contribution in [0.5, 0.6) is 0 Å². The van der Waals surface area contributed by atoms with Gasteiger partial charge in [0.15, 0.2) is 0 Å². The molecular weight excluding hydrogens is 393 g/mol. The van der Waals surface area contributed by atoms with Crippen molar-refractivity contribution in [3.8, 4) is 0 Å². The summed E-state index contributed by atoms with van der Waals surface area (Å²) in [7, 11) is 3.86. The first-order valence-corrected chi connectivity index (χ1v) is 8.63. The number of piperazine rings is 1. The monoisotopic (exact) mass is 417 g/mol. The molecule has 22 heavy (non-hydrogen) atoms. The maximum absolute atomic E-state index is 12.3. The third-order valence-electron chi connectivity index (χ3n) is 3.99. The highest BCUT2D eigenvalue weighted by Crippen LogP contribution is 2.09. The number of β-amino-alcohol motifs (C(OH)–C–C–N with tert-alkyl or cyclic N) is 1. The molecule has 1 aliphatic heterocycles. The maximum atomic E-state index is 12.3. The van der Waals surface area contributed by atoms with Crippen LogP contribution in [-0.4, -0.2) is 85.2 Å². The highest BCUT2D eigenvalue weighted by atomic mass is 127. The minimum absolute atomic E-state index is 0.0474. The van der Waals surface area contributed by atoms with Gasteiger partial charge >= 0.3 is 0 Å². The zero-order valence-electron chi connectivity index (χ0n) is 13.2. The van der Waals surface area contributed by atoms with Gasteiger partial charge in [-0.15, -0.1) is 0 Å². The summed E-state index contributed by atoms with van der Waals surface area (Å²) in [5.74, 6) is -0.0474. The summed E-state index contributed by atoms with van der Waals surface area (Å²) in [6.45, 7) is 4.99. The number of rotatable bonds is 5. The van der Waals surface area contributed by atoms with Crippen LogP contribution in [0, 0.1) is 3.57 Å². The third kappa shape index (κ3) is 5.19. The molecule has 0 spiro atoms. The molecule has 0 saturated carbocycles. The van der Waals surface area contributed by atoms with E-state index in [1.807, 2.05) is 24.3 Å². The number of hydrogen-bond donors (Lipinski definition) is 1. The summed E-state index contributed by atoms with van der Waals surface area (Å²) in [6, 6.07) is 7.49. The van der Waals surface area contributed by atoms with Crippen LogP contribution >= 0.6 is 22.6 Å². The number of carbonyl (C=O) groups excluding carboxylic acids is 1. The molecule has 2 rings (SSSR count). The molecule has 0 bridgehead atoms. The fourth-order valence-corrected chi connectivity index (χ4v) is 2.96. The molecule has 0 aromatic heterocycles. The number of likely N-dealkylation sites (N-methyl/N-ethyl adjacent to an activating group) is 2. The lowest BCUT2D eigenvalue weighted by Crippen LogP contribution is -2.49. The van der Waals surface area contributed by atoms with Crippen molar-refractivity contribution < 1.29 is 9.90 Å². The molecule has 1 unspecified atom stereocenters. The Kier molecular flexibility index (Phi) is 6.61. The lowest BCUT2D eigenvalue weighted by molar-refractivity contribution is 0.0501. The quantitative estimate of drug-likeness (QED) is 0.726. The first kappa shape index (κ1) is 17.7. The molecule has 1 fully saturated rings. The van der Waals surface area contributed by atoms with Crippen molar-refractivity contribution in [1.29, 1.82) is 0 Å². The fraction of sp³-hybridized carbons (Fsp3) is 0.562. The molecule has 1 N–H and O–H groups in total. The molecule has 122 valence electrons. The second-order valence-electron chi connectivity index (χ2n) is 5.95. The number of nitrogens with zero attached hydrogens (tertiary/aromatic N) is 3. The molecule has 1 saturated heterocycles. The van der Waals surface area contributed by atoms with Gasteiger partial charge in [-0.05, 0) is 53.9 Å². The Morgan fingerprint density at radius 3 is 2.45 bits per heavy atom. The Bertz CT molecular complexity index is 487. The highest BCUT2D eigenvalue weighted by molar-refractivity contribution is 14.1. The number of carbonyl (C=O) groups is 1. The fourth-order valence-electron chi connectivity index (χ4n) is 2.60. The number of amides is 1. The van der Waals surface area contributed by atoms with Gasteiger partial charge in [0, 0.05) is 55.4 Å². The van der Waals surface area contributed by atoms with Gasteiger partial charge in [-0.25, -0.2) is 0 Å². The van der Waals surface area contributed by atoms with Gasteiger partial charge in [-0.1, -0.05) is 0 Å². The van der Waals surface area contributed by atoms with Crippen LogP contribution in [-0.2, 0) is 0 Å². The predicted octanol–water partition coefficient (Wildman–Crippen LogP) is 0.972. The Labute approximate surface area is 146 Å². The lowest BCUT2D eigenvalue weighted by atomic mass is 10.2. The third-order valence-corrected chi connectivity index (χ3v) is 4.71. The molecule has 6 heteroatoms. The van der Waals surface area contributed by atoms with E-state index in [4.69, 9.17) is 0 Å². The topological polar surface area (TPSA) is 47.0 Å². The van der Waals surface area contributed by atoms with Crippen molar-refractivity contribution in [2.24, 2.45) is 0 Å².